The second-order valence-corrected chi connectivity index (χ2v) is 7.10. The molecule has 0 fully saturated rings. The molecule has 0 atom stereocenters. The van der Waals surface area contributed by atoms with E-state index in [2.05, 4.69) is 20.9 Å². The summed E-state index contributed by atoms with van der Waals surface area (Å²) in [5.74, 6) is -0.366. The summed E-state index contributed by atoms with van der Waals surface area (Å²) in [5.41, 5.74) is 2.19. The van der Waals surface area contributed by atoms with Gasteiger partial charge in [-0.05, 0) is 54.1 Å². The Hall–Kier alpha value is -2.45. The molecule has 0 aliphatic rings. The quantitative estimate of drug-likeness (QED) is 0.327. The molecule has 3 heterocycles. The first-order valence-corrected chi connectivity index (χ1v) is 9.35. The number of aryl methyl sites for hydroxylation is 1. The lowest BCUT2D eigenvalue weighted by molar-refractivity contribution is -0.136. The van der Waals surface area contributed by atoms with Gasteiger partial charge in [-0.1, -0.05) is 0 Å². The van der Waals surface area contributed by atoms with Crippen LogP contribution in [-0.4, -0.2) is 27.9 Å². The third-order valence-electron chi connectivity index (χ3n) is 3.67. The number of rotatable bonds is 6. The molecule has 0 radical (unpaired) electrons. The van der Waals surface area contributed by atoms with Gasteiger partial charge >= 0.3 is 5.97 Å². The van der Waals surface area contributed by atoms with Crippen molar-refractivity contribution in [1.82, 2.24) is 9.55 Å². The lowest BCUT2D eigenvalue weighted by Gasteiger charge is -2.05. The third kappa shape index (κ3) is 4.03. The summed E-state index contributed by atoms with van der Waals surface area (Å²) in [7, 11) is 0. The van der Waals surface area contributed by atoms with Crippen LogP contribution in [0.5, 0.6) is 0 Å². The van der Waals surface area contributed by atoms with Gasteiger partial charge in [0, 0.05) is 34.6 Å². The second-order valence-electron chi connectivity index (χ2n) is 5.44. The number of ketones is 1. The second kappa shape index (κ2) is 7.84. The Bertz CT molecular complexity index is 970. The number of Topliss-reactive ketones (excluding diaryl/α,β-unsaturated/α-hetero) is 1. The molecule has 8 heteroatoms. The highest BCUT2D eigenvalue weighted by Gasteiger charge is 2.18. The smallest absolute Gasteiger partial charge is 0.331 e. The molecule has 6 nitrogen and oxygen atoms in total. The Kier molecular flexibility index (Phi) is 5.53. The summed E-state index contributed by atoms with van der Waals surface area (Å²) in [6.45, 7) is 3.42. The molecule has 3 aromatic heterocycles. The highest BCUT2D eigenvalue weighted by molar-refractivity contribution is 9.10. The normalized spacial score (nSPS) is 11.2. The van der Waals surface area contributed by atoms with Gasteiger partial charge in [0.15, 0.2) is 16.4 Å². The molecule has 0 saturated carbocycles. The van der Waals surface area contributed by atoms with Crippen LogP contribution >= 0.6 is 27.3 Å². The number of nitrogens with zero attached hydrogens (tertiary/aromatic N) is 2. The largest absolute Gasteiger partial charge is 0.454 e. The molecule has 0 bridgehead atoms. The number of ether oxygens (including phenoxy) is 1. The van der Waals surface area contributed by atoms with Crippen LogP contribution in [0, 0.1) is 13.8 Å². The van der Waals surface area contributed by atoms with E-state index in [0.29, 0.717) is 16.0 Å². The van der Waals surface area contributed by atoms with Crippen molar-refractivity contribution in [2.45, 2.75) is 13.8 Å². The first-order valence-electron chi connectivity index (χ1n) is 7.68. The molecule has 3 aromatic rings. The minimum Gasteiger partial charge on any atom is -0.454 e. The van der Waals surface area contributed by atoms with E-state index in [1.807, 2.05) is 23.8 Å². The first-order chi connectivity index (χ1) is 12.5. The predicted octanol–water partition coefficient (Wildman–Crippen LogP) is 4.35. The fraction of sp³-hybridized carbons (Fsp3) is 0.167. The van der Waals surface area contributed by atoms with Crippen LogP contribution in [0.3, 0.4) is 0 Å². The van der Waals surface area contributed by atoms with E-state index in [0.717, 1.165) is 16.5 Å². The molecular formula is C18H15BrN2O4S. The van der Waals surface area contributed by atoms with Crippen molar-refractivity contribution in [2.75, 3.05) is 6.61 Å². The predicted molar refractivity (Wildman–Crippen MR) is 102 cm³/mol. The van der Waals surface area contributed by atoms with Crippen LogP contribution in [0.2, 0.25) is 0 Å². The molecule has 3 rings (SSSR count). The zero-order chi connectivity index (χ0) is 18.7. The molecule has 0 spiro atoms. The van der Waals surface area contributed by atoms with Gasteiger partial charge in [-0.15, -0.1) is 11.3 Å². The van der Waals surface area contributed by atoms with Gasteiger partial charge in [0.05, 0.1) is 0 Å². The third-order valence-corrected chi connectivity index (χ3v) is 4.85. The zero-order valence-corrected chi connectivity index (χ0v) is 16.5. The van der Waals surface area contributed by atoms with E-state index < -0.39 is 5.97 Å². The maximum Gasteiger partial charge on any atom is 0.331 e. The number of carbonyl (C=O) groups excluding carboxylic acids is 2. The van der Waals surface area contributed by atoms with Gasteiger partial charge in [-0.3, -0.25) is 9.36 Å². The van der Waals surface area contributed by atoms with Crippen LogP contribution in [0.15, 0.2) is 44.9 Å². The lowest BCUT2D eigenvalue weighted by Crippen LogP contribution is -2.13. The first kappa shape index (κ1) is 18.3. The fourth-order valence-electron chi connectivity index (χ4n) is 2.50. The summed E-state index contributed by atoms with van der Waals surface area (Å²) in [4.78, 5) is 28.5. The van der Waals surface area contributed by atoms with Gasteiger partial charge in [-0.2, -0.15) is 0 Å². The highest BCUT2D eigenvalue weighted by atomic mass is 79.9. The Balaban J connectivity index is 1.64. The standard InChI is InChI=1S/C18H15BrN2O4S/c1-11-9-14(12(2)21(11)18-20-7-8-26-18)15(22)10-24-17(23)6-4-13-3-5-16(19)25-13/h3-9H,10H2,1-2H3/b6-4+. The number of carbonyl (C=O) groups is 2. The molecule has 0 N–H and O–H groups in total. The monoisotopic (exact) mass is 434 g/mol. The van der Waals surface area contributed by atoms with Gasteiger partial charge in [-0.25, -0.2) is 9.78 Å². The minimum atomic E-state index is -0.611. The van der Waals surface area contributed by atoms with E-state index >= 15 is 0 Å². The van der Waals surface area contributed by atoms with E-state index in [9.17, 15) is 9.59 Å². The Morgan fingerprint density at radius 3 is 2.85 bits per heavy atom. The number of esters is 1. The van der Waals surface area contributed by atoms with Crippen LogP contribution < -0.4 is 0 Å². The lowest BCUT2D eigenvalue weighted by atomic mass is 10.1. The topological polar surface area (TPSA) is 74.3 Å². The number of halogens is 1. The summed E-state index contributed by atoms with van der Waals surface area (Å²) in [6, 6.07) is 5.20. The number of hydrogen-bond acceptors (Lipinski definition) is 6. The summed E-state index contributed by atoms with van der Waals surface area (Å²) >= 11 is 4.66. The Morgan fingerprint density at radius 1 is 1.38 bits per heavy atom. The number of hydrogen-bond donors (Lipinski definition) is 0. The SMILES string of the molecule is Cc1cc(C(=O)COC(=O)/C=C/c2ccc(Br)o2)c(C)n1-c1nccs1. The van der Waals surface area contributed by atoms with Crippen LogP contribution in [0.1, 0.15) is 27.5 Å². The highest BCUT2D eigenvalue weighted by Crippen LogP contribution is 2.22. The molecule has 0 aliphatic carbocycles. The van der Waals surface area contributed by atoms with Gasteiger partial charge < -0.3 is 9.15 Å². The van der Waals surface area contributed by atoms with E-state index in [1.54, 1.807) is 24.4 Å². The minimum absolute atomic E-state index is 0.261. The average Bonchev–Trinajstić information content (AvgIpc) is 3.32. The zero-order valence-electron chi connectivity index (χ0n) is 14.1. The maximum atomic E-state index is 12.4. The number of thiazole rings is 1. The van der Waals surface area contributed by atoms with Crippen molar-refractivity contribution < 1.29 is 18.7 Å². The summed E-state index contributed by atoms with van der Waals surface area (Å²) < 4.78 is 12.8. The molecule has 0 amide bonds. The molecule has 134 valence electrons. The number of furan rings is 1. The van der Waals surface area contributed by atoms with E-state index in [4.69, 9.17) is 9.15 Å². The molecule has 0 aliphatic heterocycles. The maximum absolute atomic E-state index is 12.4. The molecule has 0 saturated heterocycles. The summed E-state index contributed by atoms with van der Waals surface area (Å²) in [5, 5.41) is 2.67. The molecule has 26 heavy (non-hydrogen) atoms. The summed E-state index contributed by atoms with van der Waals surface area (Å²) in [6.07, 6.45) is 4.41. The van der Waals surface area contributed by atoms with Crippen molar-refractivity contribution in [3.8, 4) is 5.13 Å². The van der Waals surface area contributed by atoms with Crippen molar-refractivity contribution in [3.63, 3.8) is 0 Å². The molecular weight excluding hydrogens is 420 g/mol. The van der Waals surface area contributed by atoms with E-state index in [1.165, 1.54) is 23.5 Å². The van der Waals surface area contributed by atoms with Gasteiger partial charge in [0.1, 0.15) is 5.76 Å². The van der Waals surface area contributed by atoms with Crippen molar-refractivity contribution in [1.29, 1.82) is 0 Å². The average molecular weight is 435 g/mol. The van der Waals surface area contributed by atoms with Crippen LogP contribution in [0.25, 0.3) is 11.2 Å². The van der Waals surface area contributed by atoms with Crippen molar-refractivity contribution in [3.05, 3.63) is 63.2 Å². The van der Waals surface area contributed by atoms with E-state index in [-0.39, 0.29) is 12.4 Å². The van der Waals surface area contributed by atoms with Crippen LogP contribution in [0.4, 0.5) is 0 Å². The van der Waals surface area contributed by atoms with Gasteiger partial charge in [0.2, 0.25) is 5.78 Å². The fourth-order valence-corrected chi connectivity index (χ4v) is 3.57. The van der Waals surface area contributed by atoms with Crippen molar-refractivity contribution in [2.24, 2.45) is 0 Å². The van der Waals surface area contributed by atoms with Crippen LogP contribution in [-0.2, 0) is 9.53 Å². The Labute approximate surface area is 162 Å². The Morgan fingerprint density at radius 2 is 2.19 bits per heavy atom. The number of aromatic nitrogens is 2. The molecule has 0 unspecified atom stereocenters. The molecule has 0 aromatic carbocycles. The van der Waals surface area contributed by atoms with Crippen molar-refractivity contribution >= 4 is 45.1 Å². The van der Waals surface area contributed by atoms with Gasteiger partial charge in [0.25, 0.3) is 0 Å².